The highest BCUT2D eigenvalue weighted by Gasteiger charge is 2.33. The predicted octanol–water partition coefficient (Wildman–Crippen LogP) is 2.56. The van der Waals surface area contributed by atoms with Crippen LogP contribution in [0.2, 0.25) is 0 Å². The Bertz CT molecular complexity index is 699. The fourth-order valence-corrected chi connectivity index (χ4v) is 1.82. The molecule has 0 saturated heterocycles. The molecule has 0 radical (unpaired) electrons. The number of anilines is 1. The number of alkyl halides is 3. The zero-order valence-electron chi connectivity index (χ0n) is 12.3. The van der Waals surface area contributed by atoms with Gasteiger partial charge in [0.05, 0.1) is 17.5 Å². The Morgan fingerprint density at radius 1 is 1.08 bits per heavy atom. The maximum Gasteiger partial charge on any atom is 0.418 e. The third kappa shape index (κ3) is 4.77. The van der Waals surface area contributed by atoms with Crippen LogP contribution >= 0.6 is 0 Å². The van der Waals surface area contributed by atoms with Crippen molar-refractivity contribution in [2.24, 2.45) is 0 Å². The lowest BCUT2D eigenvalue weighted by Gasteiger charge is -2.14. The molecule has 24 heavy (non-hydrogen) atoms. The molecule has 0 spiro atoms. The number of rotatable bonds is 6. The number of hydrazine groups is 1. The van der Waals surface area contributed by atoms with E-state index in [1.54, 1.807) is 6.07 Å². The molecule has 0 saturated carbocycles. The Labute approximate surface area is 135 Å². The number of benzene rings is 1. The van der Waals surface area contributed by atoms with Crippen molar-refractivity contribution in [3.63, 3.8) is 0 Å². The standard InChI is InChI=1S/C15H14F3N3O3/c16-15(17,18)10-4-1-2-5-11(10)20-21-13(22)7-8-19-14(23)12-6-3-9-24-12/h1-6,9,20H,7-8H2,(H,19,23)(H,21,22). The van der Waals surface area contributed by atoms with Crippen molar-refractivity contribution in [2.45, 2.75) is 12.6 Å². The lowest BCUT2D eigenvalue weighted by Crippen LogP contribution is -2.34. The smallest absolute Gasteiger partial charge is 0.418 e. The maximum absolute atomic E-state index is 12.8. The molecule has 0 bridgehead atoms. The Kier molecular flexibility index (Phi) is 5.46. The molecule has 0 aliphatic carbocycles. The molecule has 3 N–H and O–H groups in total. The molecule has 1 aromatic heterocycles. The van der Waals surface area contributed by atoms with Gasteiger partial charge in [0.15, 0.2) is 5.76 Å². The van der Waals surface area contributed by atoms with Crippen molar-refractivity contribution in [3.05, 3.63) is 54.0 Å². The largest absolute Gasteiger partial charge is 0.459 e. The van der Waals surface area contributed by atoms with Crippen LogP contribution in [-0.4, -0.2) is 18.4 Å². The minimum absolute atomic E-state index is 0.00790. The number of amides is 2. The number of hydrogen-bond acceptors (Lipinski definition) is 4. The van der Waals surface area contributed by atoms with Crippen molar-refractivity contribution in [1.82, 2.24) is 10.7 Å². The molecule has 0 fully saturated rings. The van der Waals surface area contributed by atoms with Crippen molar-refractivity contribution in [1.29, 1.82) is 0 Å². The van der Waals surface area contributed by atoms with E-state index in [1.165, 1.54) is 30.5 Å². The van der Waals surface area contributed by atoms with Gasteiger partial charge in [-0.3, -0.25) is 20.4 Å². The highest BCUT2D eigenvalue weighted by Crippen LogP contribution is 2.34. The van der Waals surface area contributed by atoms with Gasteiger partial charge in [-0.1, -0.05) is 12.1 Å². The lowest BCUT2D eigenvalue weighted by molar-refractivity contribution is -0.137. The molecule has 0 atom stereocenters. The second-order valence-electron chi connectivity index (χ2n) is 4.70. The minimum Gasteiger partial charge on any atom is -0.459 e. The van der Waals surface area contributed by atoms with Gasteiger partial charge < -0.3 is 9.73 Å². The van der Waals surface area contributed by atoms with Crippen LogP contribution in [-0.2, 0) is 11.0 Å². The topological polar surface area (TPSA) is 83.4 Å². The van der Waals surface area contributed by atoms with E-state index in [2.05, 4.69) is 16.2 Å². The van der Waals surface area contributed by atoms with Gasteiger partial charge in [-0.2, -0.15) is 13.2 Å². The Morgan fingerprint density at radius 2 is 1.83 bits per heavy atom. The molecule has 9 heteroatoms. The number of halogens is 3. The van der Waals surface area contributed by atoms with Gasteiger partial charge in [0, 0.05) is 13.0 Å². The summed E-state index contributed by atoms with van der Waals surface area (Å²) in [5.74, 6) is -0.956. The van der Waals surface area contributed by atoms with Crippen LogP contribution in [0.3, 0.4) is 0 Å². The second-order valence-corrected chi connectivity index (χ2v) is 4.70. The average molecular weight is 341 g/mol. The molecule has 0 aliphatic rings. The van der Waals surface area contributed by atoms with Crippen LogP contribution in [0, 0.1) is 0 Å². The van der Waals surface area contributed by atoms with Gasteiger partial charge in [-0.25, -0.2) is 0 Å². The minimum atomic E-state index is -4.54. The molecular formula is C15H14F3N3O3. The van der Waals surface area contributed by atoms with E-state index in [4.69, 9.17) is 4.42 Å². The Balaban J connectivity index is 1.79. The number of hydrogen-bond donors (Lipinski definition) is 3. The van der Waals surface area contributed by atoms with Gasteiger partial charge >= 0.3 is 6.18 Å². The molecule has 1 aromatic carbocycles. The van der Waals surface area contributed by atoms with E-state index in [-0.39, 0.29) is 24.4 Å². The van der Waals surface area contributed by atoms with Crippen molar-refractivity contribution in [3.8, 4) is 0 Å². The summed E-state index contributed by atoms with van der Waals surface area (Å²) in [7, 11) is 0. The highest BCUT2D eigenvalue weighted by molar-refractivity contribution is 5.91. The summed E-state index contributed by atoms with van der Waals surface area (Å²) >= 11 is 0. The average Bonchev–Trinajstić information content (AvgIpc) is 3.07. The summed E-state index contributed by atoms with van der Waals surface area (Å²) < 4.78 is 43.2. The number of para-hydroxylation sites is 1. The zero-order valence-corrected chi connectivity index (χ0v) is 12.3. The van der Waals surface area contributed by atoms with E-state index in [1.807, 2.05) is 0 Å². The Hall–Kier alpha value is -2.97. The summed E-state index contributed by atoms with van der Waals surface area (Å²) in [6, 6.07) is 7.77. The third-order valence-corrected chi connectivity index (χ3v) is 2.95. The van der Waals surface area contributed by atoms with Crippen molar-refractivity contribution in [2.75, 3.05) is 12.0 Å². The second kappa shape index (κ2) is 7.53. The summed E-state index contributed by atoms with van der Waals surface area (Å²) in [6.07, 6.45) is -3.32. The zero-order chi connectivity index (χ0) is 17.6. The fraction of sp³-hybridized carbons (Fsp3) is 0.200. The molecule has 1 heterocycles. The van der Waals surface area contributed by atoms with E-state index in [0.29, 0.717) is 0 Å². The van der Waals surface area contributed by atoms with E-state index >= 15 is 0 Å². The van der Waals surface area contributed by atoms with Crippen molar-refractivity contribution < 1.29 is 27.2 Å². The van der Waals surface area contributed by atoms with Gasteiger partial charge in [-0.05, 0) is 24.3 Å². The van der Waals surface area contributed by atoms with Gasteiger partial charge in [-0.15, -0.1) is 0 Å². The SMILES string of the molecule is O=C(CCNC(=O)c1ccco1)NNc1ccccc1C(F)(F)F. The first-order valence-electron chi connectivity index (χ1n) is 6.90. The van der Waals surface area contributed by atoms with E-state index < -0.39 is 23.6 Å². The first kappa shape index (κ1) is 17.4. The van der Waals surface area contributed by atoms with Crippen LogP contribution in [0.4, 0.5) is 18.9 Å². The normalized spacial score (nSPS) is 11.0. The molecule has 0 unspecified atom stereocenters. The fourth-order valence-electron chi connectivity index (χ4n) is 1.82. The van der Waals surface area contributed by atoms with Crippen LogP contribution in [0.1, 0.15) is 22.5 Å². The van der Waals surface area contributed by atoms with Gasteiger partial charge in [0.25, 0.3) is 5.91 Å². The van der Waals surface area contributed by atoms with Crippen LogP contribution in [0.5, 0.6) is 0 Å². The summed E-state index contributed by atoms with van der Waals surface area (Å²) in [4.78, 5) is 23.2. The number of carbonyl (C=O) groups excluding carboxylic acids is 2. The maximum atomic E-state index is 12.8. The summed E-state index contributed by atoms with van der Waals surface area (Å²) in [5, 5.41) is 2.45. The monoisotopic (exact) mass is 341 g/mol. The predicted molar refractivity (Wildman–Crippen MR) is 78.9 cm³/mol. The number of nitrogens with one attached hydrogen (secondary N) is 3. The highest BCUT2D eigenvalue weighted by atomic mass is 19.4. The summed E-state index contributed by atoms with van der Waals surface area (Å²) in [6.45, 7) is 0.00790. The first-order valence-corrected chi connectivity index (χ1v) is 6.90. The molecule has 6 nitrogen and oxygen atoms in total. The Morgan fingerprint density at radius 3 is 2.50 bits per heavy atom. The number of carbonyl (C=O) groups is 2. The van der Waals surface area contributed by atoms with E-state index in [0.717, 1.165) is 6.07 Å². The summed E-state index contributed by atoms with van der Waals surface area (Å²) in [5.41, 5.74) is 3.23. The van der Waals surface area contributed by atoms with Crippen molar-refractivity contribution >= 4 is 17.5 Å². The van der Waals surface area contributed by atoms with Crippen LogP contribution in [0.15, 0.2) is 47.1 Å². The van der Waals surface area contributed by atoms with Gasteiger partial charge in [0.1, 0.15) is 0 Å². The van der Waals surface area contributed by atoms with Crippen LogP contribution < -0.4 is 16.2 Å². The van der Waals surface area contributed by atoms with Gasteiger partial charge in [0.2, 0.25) is 5.91 Å². The van der Waals surface area contributed by atoms with E-state index in [9.17, 15) is 22.8 Å². The first-order chi connectivity index (χ1) is 11.4. The van der Waals surface area contributed by atoms with Crippen LogP contribution in [0.25, 0.3) is 0 Å². The lowest BCUT2D eigenvalue weighted by atomic mass is 10.2. The molecule has 128 valence electrons. The molecule has 0 aliphatic heterocycles. The molecular weight excluding hydrogens is 327 g/mol. The number of furan rings is 1. The quantitative estimate of drug-likeness (QED) is 0.705. The molecule has 2 aromatic rings. The third-order valence-electron chi connectivity index (χ3n) is 2.95. The molecule has 2 rings (SSSR count). The molecule has 2 amide bonds.